The number of hydrogen-bond acceptors (Lipinski definition) is 6. The molecule has 0 bridgehead atoms. The minimum atomic E-state index is -0.582. The first-order valence-corrected chi connectivity index (χ1v) is 10.5. The number of halogens is 1. The number of likely N-dealkylation sites (N-methyl/N-ethyl adjacent to an activating group) is 1. The molecule has 4 rings (SSSR count). The Morgan fingerprint density at radius 2 is 1.84 bits per heavy atom. The lowest BCUT2D eigenvalue weighted by Gasteiger charge is -2.18. The van der Waals surface area contributed by atoms with Crippen molar-refractivity contribution in [2.45, 2.75) is 6.54 Å². The van der Waals surface area contributed by atoms with Gasteiger partial charge in [0.05, 0.1) is 0 Å². The lowest BCUT2D eigenvalue weighted by atomic mass is 10.1. The zero-order valence-corrected chi connectivity index (χ0v) is 17.6. The van der Waals surface area contributed by atoms with Gasteiger partial charge in [-0.1, -0.05) is 18.2 Å². The van der Waals surface area contributed by atoms with Crippen LogP contribution in [0, 0.1) is 5.82 Å². The summed E-state index contributed by atoms with van der Waals surface area (Å²) in [7, 11) is 1.54. The molecule has 8 heteroatoms. The fourth-order valence-corrected chi connectivity index (χ4v) is 3.97. The van der Waals surface area contributed by atoms with Crippen molar-refractivity contribution < 1.29 is 28.2 Å². The highest BCUT2D eigenvalue weighted by atomic mass is 32.1. The lowest BCUT2D eigenvalue weighted by Crippen LogP contribution is -2.31. The van der Waals surface area contributed by atoms with Gasteiger partial charge in [-0.05, 0) is 42.0 Å². The van der Waals surface area contributed by atoms with Gasteiger partial charge in [0.25, 0.3) is 5.91 Å². The molecule has 0 atom stereocenters. The molecular formula is C23H20FNO5S. The van der Waals surface area contributed by atoms with E-state index in [0.29, 0.717) is 35.2 Å². The van der Waals surface area contributed by atoms with E-state index in [4.69, 9.17) is 14.2 Å². The molecule has 2 heterocycles. The van der Waals surface area contributed by atoms with Crippen LogP contribution in [0.5, 0.6) is 11.5 Å². The highest BCUT2D eigenvalue weighted by molar-refractivity contribution is 7.17. The van der Waals surface area contributed by atoms with Crippen molar-refractivity contribution in [3.8, 4) is 21.9 Å². The number of carbonyl (C=O) groups excluding carboxylic acids is 2. The number of thiophene rings is 1. The Hall–Kier alpha value is -3.39. The van der Waals surface area contributed by atoms with Crippen LogP contribution < -0.4 is 9.47 Å². The quantitative estimate of drug-likeness (QED) is 0.538. The van der Waals surface area contributed by atoms with Crippen LogP contribution in [0.2, 0.25) is 0 Å². The second-order valence-corrected chi connectivity index (χ2v) is 8.02. The molecule has 6 nitrogen and oxygen atoms in total. The van der Waals surface area contributed by atoms with Gasteiger partial charge in [-0.15, -0.1) is 11.3 Å². The SMILES string of the molecule is CN(Cc1ccccc1F)C(=O)COC(=O)c1ccc(-c2ccc3c(c2)OCCO3)s1. The second-order valence-electron chi connectivity index (χ2n) is 6.94. The summed E-state index contributed by atoms with van der Waals surface area (Å²) in [6.07, 6.45) is 0. The highest BCUT2D eigenvalue weighted by Crippen LogP contribution is 2.37. The van der Waals surface area contributed by atoms with E-state index in [9.17, 15) is 14.0 Å². The Morgan fingerprint density at radius 3 is 2.65 bits per heavy atom. The van der Waals surface area contributed by atoms with E-state index < -0.39 is 18.5 Å². The van der Waals surface area contributed by atoms with E-state index in [-0.39, 0.29) is 12.4 Å². The zero-order valence-electron chi connectivity index (χ0n) is 16.8. The van der Waals surface area contributed by atoms with Crippen LogP contribution >= 0.6 is 11.3 Å². The molecule has 1 aromatic heterocycles. The number of nitrogens with zero attached hydrogens (tertiary/aromatic N) is 1. The summed E-state index contributed by atoms with van der Waals surface area (Å²) in [5, 5.41) is 0. The third-order valence-corrected chi connectivity index (χ3v) is 5.87. The predicted molar refractivity (Wildman–Crippen MR) is 114 cm³/mol. The van der Waals surface area contributed by atoms with Crippen molar-refractivity contribution in [1.29, 1.82) is 0 Å². The number of carbonyl (C=O) groups is 2. The average Bonchev–Trinajstić information content (AvgIpc) is 3.29. The first-order valence-electron chi connectivity index (χ1n) is 9.65. The third kappa shape index (κ3) is 4.86. The molecule has 0 spiro atoms. The number of fused-ring (bicyclic) bond motifs is 1. The highest BCUT2D eigenvalue weighted by Gasteiger charge is 2.18. The van der Waals surface area contributed by atoms with Crippen LogP contribution in [0.25, 0.3) is 10.4 Å². The Labute approximate surface area is 182 Å². The van der Waals surface area contributed by atoms with Gasteiger partial charge in [-0.2, -0.15) is 0 Å². The van der Waals surface area contributed by atoms with E-state index in [1.54, 1.807) is 24.3 Å². The average molecular weight is 441 g/mol. The largest absolute Gasteiger partial charge is 0.486 e. The summed E-state index contributed by atoms with van der Waals surface area (Å²) in [5.41, 5.74) is 1.29. The Bertz CT molecular complexity index is 1110. The van der Waals surface area contributed by atoms with E-state index in [1.807, 2.05) is 24.3 Å². The van der Waals surface area contributed by atoms with Gasteiger partial charge in [0.2, 0.25) is 0 Å². The van der Waals surface area contributed by atoms with Gasteiger partial charge in [-0.25, -0.2) is 9.18 Å². The summed E-state index contributed by atoms with van der Waals surface area (Å²) in [5.74, 6) is -0.0139. The fourth-order valence-electron chi connectivity index (χ4n) is 3.08. The minimum Gasteiger partial charge on any atom is -0.486 e. The number of hydrogen-bond donors (Lipinski definition) is 0. The molecule has 2 aromatic carbocycles. The molecule has 3 aromatic rings. The summed E-state index contributed by atoms with van der Waals surface area (Å²) < 4.78 is 30.0. The van der Waals surface area contributed by atoms with Gasteiger partial charge in [-0.3, -0.25) is 4.79 Å². The Balaban J connectivity index is 1.35. The molecule has 0 radical (unpaired) electrons. The summed E-state index contributed by atoms with van der Waals surface area (Å²) >= 11 is 1.26. The molecule has 0 fully saturated rings. The standard InChI is InChI=1S/C23H20FNO5S/c1-25(13-16-4-2-3-5-17(16)24)22(26)14-30-23(27)21-9-8-20(31-21)15-6-7-18-19(12-15)29-11-10-28-18/h2-9,12H,10-11,13-14H2,1H3. The molecule has 160 valence electrons. The van der Waals surface area contributed by atoms with Gasteiger partial charge < -0.3 is 19.1 Å². The number of esters is 1. The number of benzene rings is 2. The van der Waals surface area contributed by atoms with Crippen LogP contribution in [0.3, 0.4) is 0 Å². The predicted octanol–water partition coefficient (Wildman–Crippen LogP) is 4.14. The minimum absolute atomic E-state index is 0.0936. The molecule has 0 unspecified atom stereocenters. The monoisotopic (exact) mass is 441 g/mol. The fraction of sp³-hybridized carbons (Fsp3) is 0.217. The molecule has 0 saturated carbocycles. The van der Waals surface area contributed by atoms with Crippen LogP contribution in [-0.2, 0) is 16.1 Å². The van der Waals surface area contributed by atoms with Crippen molar-refractivity contribution >= 4 is 23.2 Å². The summed E-state index contributed by atoms with van der Waals surface area (Å²) in [6, 6.07) is 15.3. The van der Waals surface area contributed by atoms with Crippen molar-refractivity contribution in [1.82, 2.24) is 4.90 Å². The van der Waals surface area contributed by atoms with E-state index >= 15 is 0 Å². The third-order valence-electron chi connectivity index (χ3n) is 4.75. The molecule has 0 N–H and O–H groups in total. The summed E-state index contributed by atoms with van der Waals surface area (Å²) in [4.78, 5) is 27.2. The van der Waals surface area contributed by atoms with Gasteiger partial charge >= 0.3 is 5.97 Å². The maximum absolute atomic E-state index is 13.7. The normalized spacial score (nSPS) is 12.3. The lowest BCUT2D eigenvalue weighted by molar-refractivity contribution is -0.133. The molecule has 1 aliphatic heterocycles. The number of ether oxygens (including phenoxy) is 3. The van der Waals surface area contributed by atoms with Gasteiger partial charge in [0, 0.05) is 24.0 Å². The maximum atomic E-state index is 13.7. The van der Waals surface area contributed by atoms with E-state index in [2.05, 4.69) is 0 Å². The molecule has 1 aliphatic rings. The smallest absolute Gasteiger partial charge is 0.348 e. The van der Waals surface area contributed by atoms with Crippen LogP contribution in [-0.4, -0.2) is 43.6 Å². The van der Waals surface area contributed by atoms with E-state index in [1.165, 1.54) is 29.4 Å². The second kappa shape index (κ2) is 9.18. The van der Waals surface area contributed by atoms with Crippen LogP contribution in [0.4, 0.5) is 4.39 Å². The first-order chi connectivity index (χ1) is 15.0. The number of rotatable bonds is 6. The molecule has 1 amide bonds. The Morgan fingerprint density at radius 1 is 1.06 bits per heavy atom. The number of amides is 1. The van der Waals surface area contributed by atoms with Crippen LogP contribution in [0.15, 0.2) is 54.6 Å². The van der Waals surface area contributed by atoms with E-state index in [0.717, 1.165) is 10.4 Å². The first kappa shape index (κ1) is 20.9. The van der Waals surface area contributed by atoms with Crippen molar-refractivity contribution in [3.05, 3.63) is 70.9 Å². The molecule has 0 saturated heterocycles. The zero-order chi connectivity index (χ0) is 21.8. The van der Waals surface area contributed by atoms with Gasteiger partial charge in [0.1, 0.15) is 23.9 Å². The van der Waals surface area contributed by atoms with Crippen LogP contribution in [0.1, 0.15) is 15.2 Å². The van der Waals surface area contributed by atoms with Crippen molar-refractivity contribution in [3.63, 3.8) is 0 Å². The van der Waals surface area contributed by atoms with Crippen molar-refractivity contribution in [2.24, 2.45) is 0 Å². The van der Waals surface area contributed by atoms with Crippen molar-refractivity contribution in [2.75, 3.05) is 26.9 Å². The Kier molecular flexibility index (Phi) is 6.18. The molecule has 0 aliphatic carbocycles. The topological polar surface area (TPSA) is 65.1 Å². The molecular weight excluding hydrogens is 421 g/mol. The molecule has 31 heavy (non-hydrogen) atoms. The van der Waals surface area contributed by atoms with Gasteiger partial charge in [0.15, 0.2) is 18.1 Å². The summed E-state index contributed by atoms with van der Waals surface area (Å²) in [6.45, 7) is 0.699. The maximum Gasteiger partial charge on any atom is 0.348 e.